The van der Waals surface area contributed by atoms with Crippen LogP contribution in [0, 0.1) is 0 Å². The Bertz CT molecular complexity index is 1430. The summed E-state index contributed by atoms with van der Waals surface area (Å²) in [6.07, 6.45) is 2.61. The normalized spacial score (nSPS) is 10.9. The Morgan fingerprint density at radius 2 is 1.46 bits per heavy atom. The quantitative estimate of drug-likeness (QED) is 0.289. The van der Waals surface area contributed by atoms with E-state index in [4.69, 9.17) is 28.1 Å². The molecule has 0 atom stereocenters. The van der Waals surface area contributed by atoms with Gasteiger partial charge >= 0.3 is 0 Å². The fourth-order valence-corrected chi connectivity index (χ4v) is 4.24. The van der Waals surface area contributed by atoms with Gasteiger partial charge in [0.25, 0.3) is 0 Å². The van der Waals surface area contributed by atoms with Crippen molar-refractivity contribution in [3.8, 4) is 45.6 Å². The van der Waals surface area contributed by atoms with Gasteiger partial charge in [0.2, 0.25) is 0 Å². The summed E-state index contributed by atoms with van der Waals surface area (Å²) < 4.78 is 34.4. The van der Waals surface area contributed by atoms with Crippen molar-refractivity contribution in [1.29, 1.82) is 0 Å². The predicted molar refractivity (Wildman–Crippen MR) is 137 cm³/mol. The number of allylic oxidation sites excluding steroid dienone is 2. The lowest BCUT2D eigenvalue weighted by molar-refractivity contribution is 0.355. The summed E-state index contributed by atoms with van der Waals surface area (Å²) in [6, 6.07) is 9.26. The second-order valence-corrected chi connectivity index (χ2v) is 8.34. The third-order valence-electron chi connectivity index (χ3n) is 6.01. The molecule has 1 aromatic heterocycles. The molecule has 1 N–H and O–H groups in total. The van der Waals surface area contributed by atoms with Crippen molar-refractivity contribution in [2.45, 2.75) is 20.3 Å². The second kappa shape index (κ2) is 9.70. The lowest BCUT2D eigenvalue weighted by atomic mass is 9.97. The van der Waals surface area contributed by atoms with Crippen LogP contribution in [0.3, 0.4) is 0 Å². The number of furan rings is 1. The van der Waals surface area contributed by atoms with Gasteiger partial charge in [-0.1, -0.05) is 11.6 Å². The Kier molecular flexibility index (Phi) is 6.69. The largest absolute Gasteiger partial charge is 0.504 e. The molecule has 3 aromatic carbocycles. The van der Waals surface area contributed by atoms with Crippen LogP contribution in [0.2, 0.25) is 0 Å². The van der Waals surface area contributed by atoms with Gasteiger partial charge in [0.1, 0.15) is 11.3 Å². The summed E-state index contributed by atoms with van der Waals surface area (Å²) in [5, 5.41) is 12.3. The van der Waals surface area contributed by atoms with Gasteiger partial charge in [0.05, 0.1) is 40.9 Å². The first-order valence-electron chi connectivity index (χ1n) is 11.1. The molecule has 0 bridgehead atoms. The molecule has 1 heterocycles. The van der Waals surface area contributed by atoms with Crippen LogP contribution in [0.4, 0.5) is 0 Å². The highest BCUT2D eigenvalue weighted by Crippen LogP contribution is 2.49. The van der Waals surface area contributed by atoms with E-state index >= 15 is 0 Å². The van der Waals surface area contributed by atoms with E-state index in [1.54, 1.807) is 40.6 Å². The molecule has 184 valence electrons. The van der Waals surface area contributed by atoms with Crippen molar-refractivity contribution < 1.29 is 33.2 Å². The Labute approximate surface area is 204 Å². The summed E-state index contributed by atoms with van der Waals surface area (Å²) in [5.74, 6) is 2.78. The molecule has 0 aliphatic rings. The molecule has 35 heavy (non-hydrogen) atoms. The molecule has 7 nitrogen and oxygen atoms in total. The van der Waals surface area contributed by atoms with Gasteiger partial charge in [0.15, 0.2) is 34.3 Å². The highest BCUT2D eigenvalue weighted by atomic mass is 16.5. The molecule has 0 amide bonds. The summed E-state index contributed by atoms with van der Waals surface area (Å²) >= 11 is 0. The van der Waals surface area contributed by atoms with Crippen molar-refractivity contribution in [3.63, 3.8) is 0 Å². The van der Waals surface area contributed by atoms with Gasteiger partial charge in [-0.15, -0.1) is 0 Å². The molecule has 7 heteroatoms. The number of aromatic hydroxyl groups is 1. The summed E-state index contributed by atoms with van der Waals surface area (Å²) in [4.78, 5) is 0. The molecule has 0 saturated carbocycles. The smallest absolute Gasteiger partial charge is 0.181 e. The molecule has 4 aromatic rings. The minimum atomic E-state index is 0.115. The van der Waals surface area contributed by atoms with Crippen LogP contribution in [0.15, 0.2) is 46.4 Å². The van der Waals surface area contributed by atoms with Gasteiger partial charge in [0, 0.05) is 22.6 Å². The fourth-order valence-electron chi connectivity index (χ4n) is 4.24. The molecular weight excluding hydrogens is 448 g/mol. The standard InChI is InChI=1S/C28H30O7/c1-15(2)8-9-16-10-17(11-24(33-6)26(16)29)18-12-23(32-5)25-19-13-21(30-3)22(31-4)14-20(19)35-28(25)27(18)34-7/h8,10-14,29H,9H2,1-7H3. The number of benzene rings is 3. The van der Waals surface area contributed by atoms with Gasteiger partial charge in [-0.3, -0.25) is 0 Å². The number of phenolic OH excluding ortho intramolecular Hbond substituents is 1. The summed E-state index contributed by atoms with van der Waals surface area (Å²) in [5.41, 5.74) is 4.57. The number of hydrogen-bond acceptors (Lipinski definition) is 7. The van der Waals surface area contributed by atoms with Gasteiger partial charge < -0.3 is 33.2 Å². The van der Waals surface area contributed by atoms with E-state index in [0.29, 0.717) is 46.3 Å². The molecule has 4 rings (SSSR count). The minimum Gasteiger partial charge on any atom is -0.504 e. The van der Waals surface area contributed by atoms with Crippen LogP contribution >= 0.6 is 0 Å². The number of ether oxygens (including phenoxy) is 5. The van der Waals surface area contributed by atoms with Crippen LogP contribution in [-0.4, -0.2) is 40.7 Å². The van der Waals surface area contributed by atoms with Crippen molar-refractivity contribution in [2.75, 3.05) is 35.5 Å². The first kappa shape index (κ1) is 24.1. The third kappa shape index (κ3) is 4.18. The average molecular weight is 479 g/mol. The number of methoxy groups -OCH3 is 5. The maximum Gasteiger partial charge on any atom is 0.181 e. The predicted octanol–water partition coefficient (Wildman–Crippen LogP) is 6.51. The van der Waals surface area contributed by atoms with Gasteiger partial charge in [-0.2, -0.15) is 0 Å². The van der Waals surface area contributed by atoms with E-state index in [1.807, 2.05) is 32.0 Å². The third-order valence-corrected chi connectivity index (χ3v) is 6.01. The number of rotatable bonds is 8. The molecule has 0 aliphatic heterocycles. The van der Waals surface area contributed by atoms with Crippen LogP contribution in [0.1, 0.15) is 19.4 Å². The summed E-state index contributed by atoms with van der Waals surface area (Å²) in [6.45, 7) is 4.04. The lowest BCUT2D eigenvalue weighted by Gasteiger charge is -2.15. The van der Waals surface area contributed by atoms with Crippen molar-refractivity contribution in [3.05, 3.63) is 47.5 Å². The zero-order valence-electron chi connectivity index (χ0n) is 21.1. The molecule has 0 aliphatic carbocycles. The van der Waals surface area contributed by atoms with E-state index < -0.39 is 0 Å². The van der Waals surface area contributed by atoms with E-state index in [9.17, 15) is 5.11 Å². The monoisotopic (exact) mass is 478 g/mol. The Morgan fingerprint density at radius 1 is 0.800 bits per heavy atom. The van der Waals surface area contributed by atoms with E-state index in [0.717, 1.165) is 33.0 Å². The van der Waals surface area contributed by atoms with Gasteiger partial charge in [-0.05, 0) is 50.1 Å². The number of hydrogen-bond donors (Lipinski definition) is 1. The van der Waals surface area contributed by atoms with Crippen molar-refractivity contribution in [2.24, 2.45) is 0 Å². The second-order valence-electron chi connectivity index (χ2n) is 8.34. The Balaban J connectivity index is 2.04. The number of fused-ring (bicyclic) bond motifs is 3. The van der Waals surface area contributed by atoms with E-state index in [1.165, 1.54) is 7.11 Å². The highest BCUT2D eigenvalue weighted by molar-refractivity contribution is 6.13. The first-order chi connectivity index (χ1) is 16.9. The Hall–Kier alpha value is -4.00. The fraction of sp³-hybridized carbons (Fsp3) is 0.286. The van der Waals surface area contributed by atoms with Crippen molar-refractivity contribution in [1.82, 2.24) is 0 Å². The van der Waals surface area contributed by atoms with Crippen LogP contribution in [0.5, 0.6) is 34.5 Å². The maximum absolute atomic E-state index is 10.7. The van der Waals surface area contributed by atoms with E-state index in [2.05, 4.69) is 6.08 Å². The van der Waals surface area contributed by atoms with Crippen LogP contribution < -0.4 is 23.7 Å². The molecular formula is C28H30O7. The molecule has 0 fully saturated rings. The average Bonchev–Trinajstić information content (AvgIpc) is 3.24. The molecule has 0 spiro atoms. The zero-order valence-corrected chi connectivity index (χ0v) is 21.1. The van der Waals surface area contributed by atoms with Crippen molar-refractivity contribution >= 4 is 21.9 Å². The SMILES string of the molecule is COc1cc2oc3c(OC)c(-c4cc(CC=C(C)C)c(O)c(OC)c4)cc(OC)c3c2cc1OC. The lowest BCUT2D eigenvalue weighted by Crippen LogP contribution is -1.95. The van der Waals surface area contributed by atoms with Crippen LogP contribution in [0.25, 0.3) is 33.1 Å². The minimum absolute atomic E-state index is 0.115. The molecule has 0 saturated heterocycles. The molecule has 0 unspecified atom stereocenters. The van der Waals surface area contributed by atoms with Gasteiger partial charge in [-0.25, -0.2) is 0 Å². The Morgan fingerprint density at radius 3 is 2.06 bits per heavy atom. The zero-order chi connectivity index (χ0) is 25.3. The van der Waals surface area contributed by atoms with Crippen LogP contribution in [-0.2, 0) is 6.42 Å². The topological polar surface area (TPSA) is 79.5 Å². The first-order valence-corrected chi connectivity index (χ1v) is 11.1. The van der Waals surface area contributed by atoms with E-state index in [-0.39, 0.29) is 5.75 Å². The highest BCUT2D eigenvalue weighted by Gasteiger charge is 2.24. The summed E-state index contributed by atoms with van der Waals surface area (Å²) in [7, 11) is 7.91. The maximum atomic E-state index is 10.7. The molecule has 0 radical (unpaired) electrons. The number of phenols is 1.